The third-order valence-corrected chi connectivity index (χ3v) is 4.98. The maximum Gasteiger partial charge on any atom is 0.416 e. The molecule has 0 fully saturated rings. The summed E-state index contributed by atoms with van der Waals surface area (Å²) in [5, 5.41) is 10.3. The minimum atomic E-state index is -5.17. The molecule has 2 N–H and O–H groups in total. The van der Waals surface area contributed by atoms with Crippen LogP contribution < -0.4 is 0 Å². The molecule has 0 bridgehead atoms. The molecule has 0 saturated carbocycles. The highest BCUT2D eigenvalue weighted by Crippen LogP contribution is 2.43. The van der Waals surface area contributed by atoms with Crippen molar-refractivity contribution < 1.29 is 49.4 Å². The molecule has 1 aliphatic heterocycles. The Balaban J connectivity index is 1.90. The van der Waals surface area contributed by atoms with Crippen molar-refractivity contribution in [2.75, 3.05) is 0 Å². The average Bonchev–Trinajstić information content (AvgIpc) is 3.24. The van der Waals surface area contributed by atoms with Gasteiger partial charge in [0.05, 0.1) is 39.2 Å². The average molecular weight is 492 g/mol. The Hall–Kier alpha value is -3.77. The van der Waals surface area contributed by atoms with Gasteiger partial charge in [0, 0.05) is 11.1 Å². The largest absolute Gasteiger partial charge is 0.494 e. The van der Waals surface area contributed by atoms with Crippen molar-refractivity contribution in [3.8, 4) is 17.1 Å². The topological polar surface area (TPSA) is 65.4 Å². The second-order valence-corrected chi connectivity index (χ2v) is 7.24. The number of hydrogen-bond donors (Lipinski definition) is 2. The number of alkyl halides is 9. The van der Waals surface area contributed by atoms with Crippen LogP contribution in [0.25, 0.3) is 11.3 Å². The minimum absolute atomic E-state index is 0.112. The van der Waals surface area contributed by atoms with Gasteiger partial charge in [0.15, 0.2) is 5.88 Å². The zero-order valence-electron chi connectivity index (χ0n) is 16.2. The van der Waals surface area contributed by atoms with Crippen molar-refractivity contribution in [3.63, 3.8) is 0 Å². The summed E-state index contributed by atoms with van der Waals surface area (Å²) in [5.41, 5.74) is -7.43. The molecule has 1 aromatic heterocycles. The molecule has 0 spiro atoms. The summed E-state index contributed by atoms with van der Waals surface area (Å²) in [6.07, 6.45) is -15.1. The van der Waals surface area contributed by atoms with Gasteiger partial charge in [-0.2, -0.15) is 39.5 Å². The molecule has 2 heterocycles. The molecular formula is C21H9F9N2O2. The summed E-state index contributed by atoms with van der Waals surface area (Å²) in [5.74, 6) is -2.03. The number of aromatic nitrogens is 1. The SMILES string of the molecule is O=C1N=C(c2cccc(C(F)(F)F)c2)c2c(O)[nH]c(-c3cc(C(F)(F)F)cc(C(F)(F)F)c3)c21. The van der Waals surface area contributed by atoms with Crippen LogP contribution in [0.4, 0.5) is 39.5 Å². The Kier molecular flexibility index (Phi) is 5.07. The third-order valence-electron chi connectivity index (χ3n) is 4.98. The summed E-state index contributed by atoms with van der Waals surface area (Å²) < 4.78 is 118. The van der Waals surface area contributed by atoms with E-state index in [0.29, 0.717) is 18.2 Å². The van der Waals surface area contributed by atoms with Gasteiger partial charge < -0.3 is 10.1 Å². The molecule has 2 aromatic carbocycles. The first kappa shape index (κ1) is 23.4. The summed E-state index contributed by atoms with van der Waals surface area (Å²) in [4.78, 5) is 18.3. The molecule has 4 rings (SSSR count). The Morgan fingerprint density at radius 1 is 0.706 bits per heavy atom. The van der Waals surface area contributed by atoms with Crippen molar-refractivity contribution in [2.45, 2.75) is 18.5 Å². The lowest BCUT2D eigenvalue weighted by Crippen LogP contribution is -2.11. The molecular weight excluding hydrogens is 483 g/mol. The summed E-state index contributed by atoms with van der Waals surface area (Å²) in [6, 6.07) is 4.11. The van der Waals surface area contributed by atoms with Crippen LogP contribution in [0, 0.1) is 0 Å². The van der Waals surface area contributed by atoms with Gasteiger partial charge in [-0.25, -0.2) is 4.99 Å². The van der Waals surface area contributed by atoms with E-state index in [9.17, 15) is 49.4 Å². The molecule has 0 atom stereocenters. The first-order chi connectivity index (χ1) is 15.6. The van der Waals surface area contributed by atoms with E-state index in [-0.39, 0.29) is 11.6 Å². The van der Waals surface area contributed by atoms with E-state index in [1.807, 2.05) is 0 Å². The molecule has 4 nitrogen and oxygen atoms in total. The molecule has 1 aliphatic rings. The fraction of sp³-hybridized carbons (Fsp3) is 0.143. The Morgan fingerprint density at radius 2 is 1.24 bits per heavy atom. The first-order valence-corrected chi connectivity index (χ1v) is 9.13. The number of carbonyl (C=O) groups is 1. The highest BCUT2D eigenvalue weighted by molar-refractivity contribution is 6.30. The van der Waals surface area contributed by atoms with Crippen LogP contribution in [0.1, 0.15) is 38.2 Å². The van der Waals surface area contributed by atoms with Gasteiger partial charge in [-0.15, -0.1) is 0 Å². The number of nitrogens with one attached hydrogen (secondary N) is 1. The van der Waals surface area contributed by atoms with Crippen LogP contribution in [0.3, 0.4) is 0 Å². The highest BCUT2D eigenvalue weighted by Gasteiger charge is 2.39. The Bertz CT molecular complexity index is 1310. The maximum atomic E-state index is 13.2. The van der Waals surface area contributed by atoms with Crippen LogP contribution in [-0.2, 0) is 18.5 Å². The van der Waals surface area contributed by atoms with E-state index < -0.39 is 75.1 Å². The van der Waals surface area contributed by atoms with Crippen LogP contribution in [-0.4, -0.2) is 21.7 Å². The van der Waals surface area contributed by atoms with E-state index in [0.717, 1.165) is 18.2 Å². The highest BCUT2D eigenvalue weighted by atomic mass is 19.4. The quantitative estimate of drug-likeness (QED) is 0.405. The smallest absolute Gasteiger partial charge is 0.416 e. The van der Waals surface area contributed by atoms with Gasteiger partial charge in [-0.3, -0.25) is 4.79 Å². The van der Waals surface area contributed by atoms with E-state index in [4.69, 9.17) is 0 Å². The zero-order valence-corrected chi connectivity index (χ0v) is 16.2. The van der Waals surface area contributed by atoms with Gasteiger partial charge in [-0.05, 0) is 30.3 Å². The summed E-state index contributed by atoms with van der Waals surface area (Å²) in [6.45, 7) is 0. The molecule has 13 heteroatoms. The monoisotopic (exact) mass is 492 g/mol. The van der Waals surface area contributed by atoms with Gasteiger partial charge >= 0.3 is 18.5 Å². The van der Waals surface area contributed by atoms with Crippen molar-refractivity contribution in [2.24, 2.45) is 4.99 Å². The number of H-pyrrole nitrogens is 1. The van der Waals surface area contributed by atoms with Crippen molar-refractivity contribution >= 4 is 11.6 Å². The number of benzene rings is 2. The minimum Gasteiger partial charge on any atom is -0.494 e. The van der Waals surface area contributed by atoms with Crippen molar-refractivity contribution in [1.29, 1.82) is 0 Å². The van der Waals surface area contributed by atoms with Gasteiger partial charge in [0.1, 0.15) is 0 Å². The number of aromatic amines is 1. The number of aromatic hydroxyl groups is 1. The normalized spacial score (nSPS) is 14.4. The Morgan fingerprint density at radius 3 is 1.76 bits per heavy atom. The predicted octanol–water partition coefficient (Wildman–Crippen LogP) is 6.43. The number of fused-ring (bicyclic) bond motifs is 1. The number of hydrogen-bond acceptors (Lipinski definition) is 2. The zero-order chi connectivity index (χ0) is 25.2. The fourth-order valence-electron chi connectivity index (χ4n) is 3.51. The number of rotatable bonds is 2. The number of nitrogens with zero attached hydrogens (tertiary/aromatic N) is 1. The maximum absolute atomic E-state index is 13.2. The van der Waals surface area contributed by atoms with Crippen LogP contribution in [0.2, 0.25) is 0 Å². The number of halogens is 9. The first-order valence-electron chi connectivity index (χ1n) is 9.13. The van der Waals surface area contributed by atoms with Crippen LogP contribution in [0.15, 0.2) is 47.5 Å². The predicted molar refractivity (Wildman–Crippen MR) is 99.3 cm³/mol. The molecule has 0 radical (unpaired) electrons. The van der Waals surface area contributed by atoms with Crippen molar-refractivity contribution in [3.05, 3.63) is 75.8 Å². The second kappa shape index (κ2) is 7.37. The van der Waals surface area contributed by atoms with E-state index in [1.165, 1.54) is 0 Å². The molecule has 178 valence electrons. The standard InChI is InChI=1S/C21H9F9N2O2/c22-19(23,24)10-3-1-2-8(4-10)15-13-14(18(34)31-15)16(32-17(13)33)9-5-11(20(25,26)27)7-12(6-9)21(28,29)30/h1-7,32-33H. The van der Waals surface area contributed by atoms with Crippen LogP contribution in [0.5, 0.6) is 5.88 Å². The second-order valence-electron chi connectivity index (χ2n) is 7.24. The molecule has 3 aromatic rings. The van der Waals surface area contributed by atoms with Gasteiger partial charge in [0.25, 0.3) is 5.91 Å². The number of aliphatic imine (C=N–C) groups is 1. The lowest BCUT2D eigenvalue weighted by Gasteiger charge is -2.14. The summed E-state index contributed by atoms with van der Waals surface area (Å²) in [7, 11) is 0. The molecule has 0 unspecified atom stereocenters. The van der Waals surface area contributed by atoms with E-state index >= 15 is 0 Å². The van der Waals surface area contributed by atoms with Gasteiger partial charge in [0.2, 0.25) is 0 Å². The lowest BCUT2D eigenvalue weighted by molar-refractivity contribution is -0.143. The molecule has 34 heavy (non-hydrogen) atoms. The Labute approximate surface area is 183 Å². The van der Waals surface area contributed by atoms with E-state index in [1.54, 1.807) is 0 Å². The molecule has 0 saturated heterocycles. The summed E-state index contributed by atoms with van der Waals surface area (Å²) >= 11 is 0. The number of amides is 1. The lowest BCUT2D eigenvalue weighted by atomic mass is 9.97. The van der Waals surface area contributed by atoms with E-state index in [2.05, 4.69) is 9.98 Å². The third kappa shape index (κ3) is 4.01. The fourth-order valence-corrected chi connectivity index (χ4v) is 3.51. The van der Waals surface area contributed by atoms with Crippen LogP contribution >= 0.6 is 0 Å². The van der Waals surface area contributed by atoms with Crippen molar-refractivity contribution in [1.82, 2.24) is 4.98 Å². The molecule has 1 amide bonds. The number of carbonyl (C=O) groups excluding carboxylic acids is 1. The van der Waals surface area contributed by atoms with Gasteiger partial charge in [-0.1, -0.05) is 12.1 Å². The molecule has 0 aliphatic carbocycles.